The minimum Gasteiger partial charge on any atom is -0.443 e. The van der Waals surface area contributed by atoms with Gasteiger partial charge in [0.2, 0.25) is 5.71 Å². The molecule has 3 rings (SSSR count). The van der Waals surface area contributed by atoms with Crippen molar-refractivity contribution in [1.82, 2.24) is 9.97 Å². The first-order valence-corrected chi connectivity index (χ1v) is 6.37. The number of hydrogen-bond donors (Lipinski definition) is 1. The van der Waals surface area contributed by atoms with Gasteiger partial charge in [-0.2, -0.15) is 4.98 Å². The summed E-state index contributed by atoms with van der Waals surface area (Å²) in [4.78, 5) is 8.57. The highest BCUT2D eigenvalue weighted by Gasteiger charge is 2.11. The van der Waals surface area contributed by atoms with Crippen LogP contribution in [0.1, 0.15) is 11.6 Å². The first-order chi connectivity index (χ1) is 9.52. The van der Waals surface area contributed by atoms with Gasteiger partial charge in [0.25, 0.3) is 0 Å². The Morgan fingerprint density at radius 2 is 2.00 bits per heavy atom. The number of fused-ring (bicyclic) bond motifs is 1. The lowest BCUT2D eigenvalue weighted by Gasteiger charge is -2.07. The van der Waals surface area contributed by atoms with Gasteiger partial charge in [-0.1, -0.05) is 11.6 Å². The molecule has 2 heterocycles. The van der Waals surface area contributed by atoms with Crippen LogP contribution in [0.5, 0.6) is 0 Å². The van der Waals surface area contributed by atoms with Gasteiger partial charge in [0.05, 0.1) is 10.4 Å². The molecular formula is C14H11ClFN3O. The van der Waals surface area contributed by atoms with E-state index >= 15 is 0 Å². The number of furan rings is 1. The Hall–Kier alpha value is -2.14. The summed E-state index contributed by atoms with van der Waals surface area (Å²) in [5.41, 5.74) is 1.17. The molecule has 0 saturated heterocycles. The topological polar surface area (TPSA) is 51.0 Å². The summed E-state index contributed by atoms with van der Waals surface area (Å²) < 4.78 is 18.7. The fourth-order valence-corrected chi connectivity index (χ4v) is 2.14. The lowest BCUT2D eigenvalue weighted by molar-refractivity contribution is 0.566. The number of rotatable bonds is 2. The van der Waals surface area contributed by atoms with E-state index in [1.165, 1.54) is 12.1 Å². The second-order valence-corrected chi connectivity index (χ2v) is 4.86. The number of aryl methyl sites for hydroxylation is 2. The smallest absolute Gasteiger partial charge is 0.231 e. The van der Waals surface area contributed by atoms with Crippen molar-refractivity contribution in [2.45, 2.75) is 13.8 Å². The van der Waals surface area contributed by atoms with Crippen LogP contribution < -0.4 is 5.32 Å². The van der Waals surface area contributed by atoms with Gasteiger partial charge in [-0.15, -0.1) is 0 Å². The number of nitrogens with one attached hydrogen (secondary N) is 1. The Bertz CT molecular complexity index is 800. The quantitative estimate of drug-likeness (QED) is 0.761. The van der Waals surface area contributed by atoms with E-state index in [0.29, 0.717) is 23.0 Å². The van der Waals surface area contributed by atoms with Crippen molar-refractivity contribution in [2.75, 3.05) is 5.32 Å². The van der Waals surface area contributed by atoms with Crippen molar-refractivity contribution in [3.05, 3.63) is 46.7 Å². The van der Waals surface area contributed by atoms with E-state index in [-0.39, 0.29) is 5.02 Å². The second kappa shape index (κ2) is 4.76. The summed E-state index contributed by atoms with van der Waals surface area (Å²) in [5, 5.41) is 3.93. The largest absolute Gasteiger partial charge is 0.443 e. The molecule has 0 unspecified atom stereocenters. The molecule has 1 aromatic carbocycles. The first kappa shape index (κ1) is 12.9. The van der Waals surface area contributed by atoms with E-state index in [1.807, 2.05) is 13.0 Å². The van der Waals surface area contributed by atoms with E-state index in [2.05, 4.69) is 15.3 Å². The van der Waals surface area contributed by atoms with Gasteiger partial charge < -0.3 is 9.73 Å². The first-order valence-electron chi connectivity index (χ1n) is 6.00. The monoisotopic (exact) mass is 291 g/mol. The van der Waals surface area contributed by atoms with Gasteiger partial charge in [-0.25, -0.2) is 9.37 Å². The molecule has 0 amide bonds. The lowest BCUT2D eigenvalue weighted by atomic mass is 10.3. The van der Waals surface area contributed by atoms with Crippen molar-refractivity contribution in [3.8, 4) is 0 Å². The highest BCUT2D eigenvalue weighted by Crippen LogP contribution is 2.28. The molecule has 6 heteroatoms. The maximum absolute atomic E-state index is 13.2. The van der Waals surface area contributed by atoms with Gasteiger partial charge in [-0.3, -0.25) is 0 Å². The third kappa shape index (κ3) is 2.32. The van der Waals surface area contributed by atoms with Crippen molar-refractivity contribution >= 4 is 34.2 Å². The van der Waals surface area contributed by atoms with Crippen molar-refractivity contribution in [3.63, 3.8) is 0 Å². The van der Waals surface area contributed by atoms with Crippen LogP contribution in [-0.4, -0.2) is 9.97 Å². The molecule has 0 saturated carbocycles. The molecule has 102 valence electrons. The maximum atomic E-state index is 13.2. The standard InChI is InChI=1S/C14H11ClFN3O/c1-7-5-10-13(17-8(2)18-14(10)20-7)19-9-3-4-12(16)11(15)6-9/h3-6H,1-2H3,(H,17,18,19). The third-order valence-electron chi connectivity index (χ3n) is 2.81. The summed E-state index contributed by atoms with van der Waals surface area (Å²) in [5.74, 6) is 1.48. The molecule has 0 aliphatic heterocycles. The Labute approximate surface area is 119 Å². The molecule has 0 spiro atoms. The molecule has 0 bridgehead atoms. The SMILES string of the molecule is Cc1nc(Nc2ccc(F)c(Cl)c2)c2cc(C)oc2n1. The molecule has 0 aliphatic carbocycles. The lowest BCUT2D eigenvalue weighted by Crippen LogP contribution is -1.98. The van der Waals surface area contributed by atoms with E-state index in [4.69, 9.17) is 16.0 Å². The van der Waals surface area contributed by atoms with Crippen LogP contribution in [0.4, 0.5) is 15.9 Å². The highest BCUT2D eigenvalue weighted by molar-refractivity contribution is 6.31. The van der Waals surface area contributed by atoms with E-state index in [0.717, 1.165) is 11.1 Å². The van der Waals surface area contributed by atoms with Crippen LogP contribution >= 0.6 is 11.6 Å². The predicted molar refractivity (Wildman–Crippen MR) is 76.0 cm³/mol. The minimum atomic E-state index is -0.458. The van der Waals surface area contributed by atoms with Gasteiger partial charge in [0.1, 0.15) is 23.2 Å². The molecule has 1 N–H and O–H groups in total. The van der Waals surface area contributed by atoms with Gasteiger partial charge in [0, 0.05) is 5.69 Å². The van der Waals surface area contributed by atoms with Crippen LogP contribution in [0.3, 0.4) is 0 Å². The molecule has 0 radical (unpaired) electrons. The second-order valence-electron chi connectivity index (χ2n) is 4.45. The van der Waals surface area contributed by atoms with Crippen LogP contribution in [0.2, 0.25) is 5.02 Å². The predicted octanol–water partition coefficient (Wildman–Crippen LogP) is 4.38. The zero-order valence-electron chi connectivity index (χ0n) is 10.9. The number of anilines is 2. The van der Waals surface area contributed by atoms with Crippen LogP contribution in [0.15, 0.2) is 28.7 Å². The van der Waals surface area contributed by atoms with Crippen LogP contribution in [0, 0.1) is 19.7 Å². The average Bonchev–Trinajstić information content (AvgIpc) is 2.74. The molecule has 4 nitrogen and oxygen atoms in total. The van der Waals surface area contributed by atoms with Gasteiger partial charge in [0.15, 0.2) is 0 Å². The van der Waals surface area contributed by atoms with Crippen molar-refractivity contribution in [2.24, 2.45) is 0 Å². The van der Waals surface area contributed by atoms with Crippen molar-refractivity contribution < 1.29 is 8.81 Å². The Kier molecular flexibility index (Phi) is 3.06. The fourth-order valence-electron chi connectivity index (χ4n) is 1.95. The zero-order chi connectivity index (χ0) is 14.3. The zero-order valence-corrected chi connectivity index (χ0v) is 11.6. The number of hydrogen-bond acceptors (Lipinski definition) is 4. The van der Waals surface area contributed by atoms with E-state index in [9.17, 15) is 4.39 Å². The summed E-state index contributed by atoms with van der Waals surface area (Å²) in [6.45, 7) is 3.62. The number of nitrogens with zero attached hydrogens (tertiary/aromatic N) is 2. The summed E-state index contributed by atoms with van der Waals surface area (Å²) in [6, 6.07) is 6.25. The molecule has 20 heavy (non-hydrogen) atoms. The molecule has 0 fully saturated rings. The molecule has 0 atom stereocenters. The number of benzene rings is 1. The molecule has 0 aliphatic rings. The Balaban J connectivity index is 2.07. The van der Waals surface area contributed by atoms with Gasteiger partial charge >= 0.3 is 0 Å². The Morgan fingerprint density at radius 1 is 1.20 bits per heavy atom. The third-order valence-corrected chi connectivity index (χ3v) is 3.10. The molecule has 3 aromatic rings. The number of halogens is 2. The summed E-state index contributed by atoms with van der Waals surface area (Å²) in [7, 11) is 0. The minimum absolute atomic E-state index is 0.0559. The Morgan fingerprint density at radius 3 is 2.75 bits per heavy atom. The summed E-state index contributed by atoms with van der Waals surface area (Å²) >= 11 is 5.77. The van der Waals surface area contributed by atoms with Gasteiger partial charge in [-0.05, 0) is 38.1 Å². The fraction of sp³-hybridized carbons (Fsp3) is 0.143. The van der Waals surface area contributed by atoms with E-state index < -0.39 is 5.82 Å². The molecular weight excluding hydrogens is 281 g/mol. The highest BCUT2D eigenvalue weighted by atomic mass is 35.5. The maximum Gasteiger partial charge on any atom is 0.231 e. The number of aromatic nitrogens is 2. The van der Waals surface area contributed by atoms with Crippen LogP contribution in [-0.2, 0) is 0 Å². The van der Waals surface area contributed by atoms with Crippen LogP contribution in [0.25, 0.3) is 11.1 Å². The van der Waals surface area contributed by atoms with E-state index in [1.54, 1.807) is 13.0 Å². The van der Waals surface area contributed by atoms with Crippen molar-refractivity contribution in [1.29, 1.82) is 0 Å². The summed E-state index contributed by atoms with van der Waals surface area (Å²) in [6.07, 6.45) is 0. The average molecular weight is 292 g/mol. The molecule has 2 aromatic heterocycles. The normalized spacial score (nSPS) is 11.0.